The average molecular weight is 189 g/mol. The van der Waals surface area contributed by atoms with Gasteiger partial charge >= 0.3 is 0 Å². The minimum Gasteiger partial charge on any atom is -0.311 e. The fourth-order valence-corrected chi connectivity index (χ4v) is 1.54. The zero-order valence-corrected chi connectivity index (χ0v) is 8.38. The van der Waals surface area contributed by atoms with E-state index in [0.717, 1.165) is 25.0 Å². The quantitative estimate of drug-likeness (QED) is 0.723. The van der Waals surface area contributed by atoms with Crippen molar-refractivity contribution in [2.45, 2.75) is 19.9 Å². The Hall–Kier alpha value is -1.35. The number of rotatable bonds is 4. The van der Waals surface area contributed by atoms with Crippen LogP contribution in [0.3, 0.4) is 0 Å². The van der Waals surface area contributed by atoms with Crippen LogP contribution in [0, 0.1) is 0 Å². The van der Waals surface area contributed by atoms with Crippen LogP contribution in [0.2, 0.25) is 0 Å². The molecule has 2 N–H and O–H groups in total. The van der Waals surface area contributed by atoms with Crippen LogP contribution in [0.15, 0.2) is 24.3 Å². The van der Waals surface area contributed by atoms with Crippen molar-refractivity contribution >= 4 is 10.9 Å². The zero-order valence-electron chi connectivity index (χ0n) is 8.38. The number of fused-ring (bicyclic) bond motifs is 1. The van der Waals surface area contributed by atoms with Gasteiger partial charge in [-0.25, -0.2) is 0 Å². The highest BCUT2D eigenvalue weighted by molar-refractivity contribution is 5.80. The van der Waals surface area contributed by atoms with Gasteiger partial charge in [-0.2, -0.15) is 5.10 Å². The number of hydrogen-bond acceptors (Lipinski definition) is 2. The number of para-hydroxylation sites is 1. The van der Waals surface area contributed by atoms with Gasteiger partial charge in [-0.05, 0) is 19.0 Å². The molecule has 0 aliphatic heterocycles. The minimum absolute atomic E-state index is 0.869. The summed E-state index contributed by atoms with van der Waals surface area (Å²) >= 11 is 0. The highest BCUT2D eigenvalue weighted by atomic mass is 15.1. The largest absolute Gasteiger partial charge is 0.311 e. The molecule has 3 heteroatoms. The van der Waals surface area contributed by atoms with Crippen molar-refractivity contribution in [1.29, 1.82) is 0 Å². The highest BCUT2D eigenvalue weighted by Crippen LogP contribution is 2.14. The van der Waals surface area contributed by atoms with E-state index < -0.39 is 0 Å². The van der Waals surface area contributed by atoms with Crippen LogP contribution in [-0.4, -0.2) is 16.7 Å². The molecule has 0 aliphatic carbocycles. The first-order chi connectivity index (χ1) is 6.92. The van der Waals surface area contributed by atoms with E-state index in [1.807, 2.05) is 18.2 Å². The van der Waals surface area contributed by atoms with E-state index in [0.29, 0.717) is 0 Å². The molecule has 0 spiro atoms. The maximum absolute atomic E-state index is 4.23. The molecule has 3 nitrogen and oxygen atoms in total. The highest BCUT2D eigenvalue weighted by Gasteiger charge is 2.02. The smallest absolute Gasteiger partial charge is 0.0924 e. The van der Waals surface area contributed by atoms with E-state index in [1.54, 1.807) is 0 Å². The summed E-state index contributed by atoms with van der Waals surface area (Å²) in [6.07, 6.45) is 1.16. The van der Waals surface area contributed by atoms with Gasteiger partial charge in [-0.1, -0.05) is 25.1 Å². The summed E-state index contributed by atoms with van der Waals surface area (Å²) in [5.41, 5.74) is 2.22. The number of benzene rings is 1. The van der Waals surface area contributed by atoms with E-state index in [4.69, 9.17) is 0 Å². The SMILES string of the molecule is CCCNCc1[nH]nc2ccccc12. The number of nitrogens with zero attached hydrogens (tertiary/aromatic N) is 1. The molecule has 2 rings (SSSR count). The number of H-pyrrole nitrogens is 1. The van der Waals surface area contributed by atoms with Crippen LogP contribution < -0.4 is 5.32 Å². The minimum atomic E-state index is 0.869. The molecule has 0 radical (unpaired) electrons. The van der Waals surface area contributed by atoms with Crippen molar-refractivity contribution in [1.82, 2.24) is 15.5 Å². The van der Waals surface area contributed by atoms with Gasteiger partial charge in [-0.3, -0.25) is 5.10 Å². The molecule has 0 saturated heterocycles. The molecule has 2 aromatic rings. The van der Waals surface area contributed by atoms with Gasteiger partial charge in [0.1, 0.15) is 0 Å². The maximum atomic E-state index is 4.23. The third-order valence-electron chi connectivity index (χ3n) is 2.27. The Balaban J connectivity index is 2.17. The van der Waals surface area contributed by atoms with Crippen LogP contribution >= 0.6 is 0 Å². The predicted octanol–water partition coefficient (Wildman–Crippen LogP) is 2.06. The van der Waals surface area contributed by atoms with Crippen molar-refractivity contribution in [3.05, 3.63) is 30.0 Å². The lowest BCUT2D eigenvalue weighted by molar-refractivity contribution is 0.665. The Kier molecular flexibility index (Phi) is 2.79. The van der Waals surface area contributed by atoms with E-state index in [1.165, 1.54) is 11.1 Å². The summed E-state index contributed by atoms with van der Waals surface area (Å²) in [5.74, 6) is 0. The predicted molar refractivity (Wildman–Crippen MR) is 58.1 cm³/mol. The van der Waals surface area contributed by atoms with Crippen molar-refractivity contribution in [2.75, 3.05) is 6.54 Å². The number of hydrogen-bond donors (Lipinski definition) is 2. The molecule has 0 atom stereocenters. The molecule has 74 valence electrons. The van der Waals surface area contributed by atoms with Gasteiger partial charge in [0, 0.05) is 11.9 Å². The topological polar surface area (TPSA) is 40.7 Å². The summed E-state index contributed by atoms with van der Waals surface area (Å²) in [4.78, 5) is 0. The Labute approximate surface area is 83.5 Å². The second kappa shape index (κ2) is 4.24. The number of aromatic amines is 1. The van der Waals surface area contributed by atoms with Gasteiger partial charge < -0.3 is 5.32 Å². The second-order valence-electron chi connectivity index (χ2n) is 3.40. The van der Waals surface area contributed by atoms with Crippen molar-refractivity contribution in [2.24, 2.45) is 0 Å². The lowest BCUT2D eigenvalue weighted by Gasteiger charge is -2.00. The van der Waals surface area contributed by atoms with Gasteiger partial charge in [0.2, 0.25) is 0 Å². The van der Waals surface area contributed by atoms with Crippen LogP contribution in [0.25, 0.3) is 10.9 Å². The molecular formula is C11H15N3. The fraction of sp³-hybridized carbons (Fsp3) is 0.364. The van der Waals surface area contributed by atoms with Crippen LogP contribution in [-0.2, 0) is 6.54 Å². The molecule has 0 amide bonds. The number of aromatic nitrogens is 2. The van der Waals surface area contributed by atoms with E-state index in [-0.39, 0.29) is 0 Å². The first-order valence-corrected chi connectivity index (χ1v) is 5.04. The van der Waals surface area contributed by atoms with E-state index in [9.17, 15) is 0 Å². The molecule has 0 unspecified atom stereocenters. The molecule has 1 aromatic heterocycles. The van der Waals surface area contributed by atoms with Gasteiger partial charge in [-0.15, -0.1) is 0 Å². The van der Waals surface area contributed by atoms with E-state index >= 15 is 0 Å². The van der Waals surface area contributed by atoms with Crippen LogP contribution in [0.4, 0.5) is 0 Å². The molecular weight excluding hydrogens is 174 g/mol. The summed E-state index contributed by atoms with van der Waals surface area (Å²) in [6.45, 7) is 4.08. The Morgan fingerprint density at radius 2 is 2.21 bits per heavy atom. The summed E-state index contributed by atoms with van der Waals surface area (Å²) in [7, 11) is 0. The van der Waals surface area contributed by atoms with Crippen molar-refractivity contribution in [3.8, 4) is 0 Å². The molecule has 0 aliphatic rings. The summed E-state index contributed by atoms with van der Waals surface area (Å²) < 4.78 is 0. The Bertz CT molecular complexity index is 406. The number of nitrogens with one attached hydrogen (secondary N) is 2. The third-order valence-corrected chi connectivity index (χ3v) is 2.27. The molecule has 0 saturated carbocycles. The normalized spacial score (nSPS) is 10.9. The second-order valence-corrected chi connectivity index (χ2v) is 3.40. The molecule has 14 heavy (non-hydrogen) atoms. The molecule has 1 heterocycles. The first kappa shape index (κ1) is 9.21. The molecule has 1 aromatic carbocycles. The summed E-state index contributed by atoms with van der Waals surface area (Å²) in [5, 5.41) is 11.9. The lowest BCUT2D eigenvalue weighted by atomic mass is 10.2. The monoisotopic (exact) mass is 189 g/mol. The van der Waals surface area contributed by atoms with Crippen molar-refractivity contribution in [3.63, 3.8) is 0 Å². The van der Waals surface area contributed by atoms with Gasteiger partial charge in [0.05, 0.1) is 11.2 Å². The summed E-state index contributed by atoms with van der Waals surface area (Å²) in [6, 6.07) is 8.17. The molecule has 0 bridgehead atoms. The average Bonchev–Trinajstić information content (AvgIpc) is 2.63. The van der Waals surface area contributed by atoms with Gasteiger partial charge in [0.25, 0.3) is 0 Å². The Morgan fingerprint density at radius 3 is 3.07 bits per heavy atom. The standard InChI is InChI=1S/C11H15N3/c1-2-7-12-8-11-9-5-3-4-6-10(9)13-14-11/h3-6,12H,2,7-8H2,1H3,(H,13,14). The Morgan fingerprint density at radius 1 is 1.36 bits per heavy atom. The van der Waals surface area contributed by atoms with Crippen molar-refractivity contribution < 1.29 is 0 Å². The van der Waals surface area contributed by atoms with Crippen LogP contribution in [0.1, 0.15) is 19.0 Å². The van der Waals surface area contributed by atoms with Gasteiger partial charge in [0.15, 0.2) is 0 Å². The third kappa shape index (κ3) is 1.77. The first-order valence-electron chi connectivity index (χ1n) is 5.04. The van der Waals surface area contributed by atoms with E-state index in [2.05, 4.69) is 28.5 Å². The molecule has 0 fully saturated rings. The lowest BCUT2D eigenvalue weighted by Crippen LogP contribution is -2.14. The van der Waals surface area contributed by atoms with Crippen LogP contribution in [0.5, 0.6) is 0 Å². The fourth-order valence-electron chi connectivity index (χ4n) is 1.54. The zero-order chi connectivity index (χ0) is 9.80. The maximum Gasteiger partial charge on any atom is 0.0924 e.